The minimum absolute atomic E-state index is 0.195. The summed E-state index contributed by atoms with van der Waals surface area (Å²) in [5, 5.41) is 0. The van der Waals surface area contributed by atoms with E-state index in [-0.39, 0.29) is 12.8 Å². The Kier molecular flexibility index (Phi) is 4.32. The van der Waals surface area contributed by atoms with Gasteiger partial charge in [-0.2, -0.15) is 0 Å². The summed E-state index contributed by atoms with van der Waals surface area (Å²) in [6.07, 6.45) is 4.50. The fourth-order valence-electron chi connectivity index (χ4n) is 1.92. The number of fused-ring (bicyclic) bond motifs is 1. The molecule has 0 saturated heterocycles. The van der Waals surface area contributed by atoms with Crippen LogP contribution in [-0.2, 0) is 9.53 Å². The highest BCUT2D eigenvalue weighted by molar-refractivity contribution is 5.80. The molecular weight excluding hydrogens is 256 g/mol. The van der Waals surface area contributed by atoms with Crippen molar-refractivity contribution in [2.45, 2.75) is 27.2 Å². The molecule has 0 spiro atoms. The number of rotatable bonds is 5. The fourth-order valence-corrected chi connectivity index (χ4v) is 1.92. The van der Waals surface area contributed by atoms with E-state index in [2.05, 4.69) is 0 Å². The zero-order valence-electron chi connectivity index (χ0n) is 12.1. The van der Waals surface area contributed by atoms with Crippen LogP contribution in [0.3, 0.4) is 0 Å². The SMILES string of the molecule is CCOC(=O)C(C)(/C=C\c1ccc2c(c1)OCO2)CC. The van der Waals surface area contributed by atoms with Gasteiger partial charge in [-0.1, -0.05) is 25.1 Å². The second-order valence-electron chi connectivity index (χ2n) is 4.94. The van der Waals surface area contributed by atoms with Crippen molar-refractivity contribution in [1.82, 2.24) is 0 Å². The van der Waals surface area contributed by atoms with E-state index in [1.165, 1.54) is 0 Å². The van der Waals surface area contributed by atoms with Gasteiger partial charge < -0.3 is 14.2 Å². The minimum atomic E-state index is -0.605. The zero-order chi connectivity index (χ0) is 14.6. The van der Waals surface area contributed by atoms with Crippen molar-refractivity contribution < 1.29 is 19.0 Å². The van der Waals surface area contributed by atoms with Gasteiger partial charge in [0.25, 0.3) is 0 Å². The van der Waals surface area contributed by atoms with Gasteiger partial charge in [0.15, 0.2) is 11.5 Å². The van der Waals surface area contributed by atoms with Crippen LogP contribution in [0.2, 0.25) is 0 Å². The third-order valence-corrected chi connectivity index (χ3v) is 3.52. The van der Waals surface area contributed by atoms with Gasteiger partial charge in [-0.25, -0.2) is 0 Å². The fraction of sp³-hybridized carbons (Fsp3) is 0.438. The zero-order valence-corrected chi connectivity index (χ0v) is 12.1. The van der Waals surface area contributed by atoms with Crippen LogP contribution in [0, 0.1) is 5.41 Å². The summed E-state index contributed by atoms with van der Waals surface area (Å²) in [5.41, 5.74) is 0.366. The first kappa shape index (κ1) is 14.4. The average molecular weight is 276 g/mol. The van der Waals surface area contributed by atoms with Gasteiger partial charge >= 0.3 is 5.97 Å². The third kappa shape index (κ3) is 2.95. The lowest BCUT2D eigenvalue weighted by atomic mass is 9.86. The van der Waals surface area contributed by atoms with Gasteiger partial charge in [0.05, 0.1) is 12.0 Å². The van der Waals surface area contributed by atoms with E-state index in [1.807, 2.05) is 51.1 Å². The van der Waals surface area contributed by atoms with Crippen LogP contribution in [0.5, 0.6) is 11.5 Å². The van der Waals surface area contributed by atoms with Crippen LogP contribution in [0.4, 0.5) is 0 Å². The molecule has 1 aliphatic heterocycles. The van der Waals surface area contributed by atoms with E-state index in [0.717, 1.165) is 17.1 Å². The Morgan fingerprint density at radius 1 is 1.35 bits per heavy atom. The first-order valence-electron chi connectivity index (χ1n) is 6.85. The summed E-state index contributed by atoms with van der Waals surface area (Å²) in [4.78, 5) is 12.0. The molecule has 4 heteroatoms. The highest BCUT2D eigenvalue weighted by Gasteiger charge is 2.29. The molecule has 1 aliphatic rings. The summed E-state index contributed by atoms with van der Waals surface area (Å²) in [6.45, 7) is 6.33. The number of carbonyl (C=O) groups excluding carboxylic acids is 1. The Labute approximate surface area is 119 Å². The molecule has 0 amide bonds. The molecule has 4 nitrogen and oxygen atoms in total. The Balaban J connectivity index is 2.16. The normalized spacial score (nSPS) is 16.1. The van der Waals surface area contributed by atoms with Crippen LogP contribution < -0.4 is 9.47 Å². The molecule has 0 aromatic heterocycles. The van der Waals surface area contributed by atoms with Crippen molar-refractivity contribution in [3.63, 3.8) is 0 Å². The quantitative estimate of drug-likeness (QED) is 0.773. The molecule has 2 rings (SSSR count). The lowest BCUT2D eigenvalue weighted by molar-refractivity contribution is -0.151. The second-order valence-corrected chi connectivity index (χ2v) is 4.94. The van der Waals surface area contributed by atoms with Crippen LogP contribution in [-0.4, -0.2) is 19.4 Å². The van der Waals surface area contributed by atoms with E-state index in [4.69, 9.17) is 14.2 Å². The summed E-state index contributed by atoms with van der Waals surface area (Å²) in [7, 11) is 0. The van der Waals surface area contributed by atoms with E-state index in [0.29, 0.717) is 13.0 Å². The van der Waals surface area contributed by atoms with E-state index in [9.17, 15) is 4.79 Å². The monoisotopic (exact) mass is 276 g/mol. The van der Waals surface area contributed by atoms with Crippen molar-refractivity contribution in [3.8, 4) is 11.5 Å². The number of hydrogen-bond acceptors (Lipinski definition) is 4. The number of ether oxygens (including phenoxy) is 3. The smallest absolute Gasteiger partial charge is 0.315 e. The number of hydrogen-bond donors (Lipinski definition) is 0. The average Bonchev–Trinajstić information content (AvgIpc) is 2.92. The first-order valence-corrected chi connectivity index (χ1v) is 6.85. The van der Waals surface area contributed by atoms with Crippen LogP contribution in [0.1, 0.15) is 32.8 Å². The molecule has 0 fully saturated rings. The second kappa shape index (κ2) is 5.99. The maximum atomic E-state index is 12.0. The van der Waals surface area contributed by atoms with Gasteiger partial charge in [0, 0.05) is 0 Å². The van der Waals surface area contributed by atoms with Crippen LogP contribution >= 0.6 is 0 Å². The number of esters is 1. The summed E-state index contributed by atoms with van der Waals surface area (Å²) >= 11 is 0. The molecule has 0 aliphatic carbocycles. The molecule has 0 N–H and O–H groups in total. The maximum Gasteiger partial charge on any atom is 0.315 e. The predicted octanol–water partition coefficient (Wildman–Crippen LogP) is 3.41. The topological polar surface area (TPSA) is 44.8 Å². The van der Waals surface area contributed by atoms with Gasteiger partial charge in [-0.3, -0.25) is 4.79 Å². The Bertz CT molecular complexity index is 521. The summed E-state index contributed by atoms with van der Waals surface area (Å²) in [6, 6.07) is 5.71. The van der Waals surface area contributed by atoms with Gasteiger partial charge in [-0.15, -0.1) is 0 Å². The van der Waals surface area contributed by atoms with Crippen LogP contribution in [0.25, 0.3) is 6.08 Å². The molecule has 1 atom stereocenters. The maximum absolute atomic E-state index is 12.0. The Morgan fingerprint density at radius 2 is 2.10 bits per heavy atom. The van der Waals surface area contributed by atoms with Crippen LogP contribution in [0.15, 0.2) is 24.3 Å². The molecule has 20 heavy (non-hydrogen) atoms. The Morgan fingerprint density at radius 3 is 2.80 bits per heavy atom. The standard InChI is InChI=1S/C16H20O4/c1-4-16(3,15(17)18-5-2)9-8-12-6-7-13-14(10-12)20-11-19-13/h6-10H,4-5,11H2,1-3H3/b9-8-. The van der Waals surface area contributed by atoms with Gasteiger partial charge in [0.1, 0.15) is 0 Å². The van der Waals surface area contributed by atoms with Crippen molar-refractivity contribution in [2.24, 2.45) is 5.41 Å². The molecule has 0 radical (unpaired) electrons. The number of carbonyl (C=O) groups is 1. The van der Waals surface area contributed by atoms with E-state index < -0.39 is 5.41 Å². The highest BCUT2D eigenvalue weighted by Crippen LogP contribution is 2.33. The summed E-state index contributed by atoms with van der Waals surface area (Å²) in [5.74, 6) is 1.30. The largest absolute Gasteiger partial charge is 0.465 e. The van der Waals surface area contributed by atoms with Crippen molar-refractivity contribution in [3.05, 3.63) is 29.8 Å². The van der Waals surface area contributed by atoms with Gasteiger partial charge in [-0.05, 0) is 38.0 Å². The summed E-state index contributed by atoms with van der Waals surface area (Å²) < 4.78 is 15.7. The molecule has 0 saturated carbocycles. The third-order valence-electron chi connectivity index (χ3n) is 3.52. The predicted molar refractivity (Wildman–Crippen MR) is 76.6 cm³/mol. The highest BCUT2D eigenvalue weighted by atomic mass is 16.7. The molecule has 1 aromatic carbocycles. The molecule has 1 aromatic rings. The molecule has 1 heterocycles. The van der Waals surface area contributed by atoms with Crippen molar-refractivity contribution in [1.29, 1.82) is 0 Å². The van der Waals surface area contributed by atoms with Crippen molar-refractivity contribution in [2.75, 3.05) is 13.4 Å². The molecule has 108 valence electrons. The number of benzene rings is 1. The minimum Gasteiger partial charge on any atom is -0.465 e. The van der Waals surface area contributed by atoms with Crippen molar-refractivity contribution >= 4 is 12.0 Å². The lowest BCUT2D eigenvalue weighted by Crippen LogP contribution is -2.27. The lowest BCUT2D eigenvalue weighted by Gasteiger charge is -2.21. The molecular formula is C16H20O4. The van der Waals surface area contributed by atoms with Gasteiger partial charge in [0.2, 0.25) is 6.79 Å². The van der Waals surface area contributed by atoms with E-state index >= 15 is 0 Å². The molecule has 1 unspecified atom stereocenters. The molecule has 0 bridgehead atoms. The first-order chi connectivity index (χ1) is 9.59. The Hall–Kier alpha value is -1.97. The van der Waals surface area contributed by atoms with E-state index in [1.54, 1.807) is 0 Å².